The number of aromatic nitrogens is 2. The SMILES string of the molecule is Cc1ccc(-n2c(-c3cccc([N+](=O)[O-])c3)cnc2SC2CCCC2)cc1. The Morgan fingerprint density at radius 3 is 2.59 bits per heavy atom. The summed E-state index contributed by atoms with van der Waals surface area (Å²) >= 11 is 1.82. The minimum Gasteiger partial charge on any atom is -0.287 e. The van der Waals surface area contributed by atoms with Crippen LogP contribution in [0.15, 0.2) is 59.9 Å². The predicted octanol–water partition coefficient (Wildman–Crippen LogP) is 5.79. The molecule has 1 aliphatic carbocycles. The van der Waals surface area contributed by atoms with Crippen LogP contribution < -0.4 is 0 Å². The van der Waals surface area contributed by atoms with Crippen LogP contribution in [0.3, 0.4) is 0 Å². The van der Waals surface area contributed by atoms with E-state index in [2.05, 4.69) is 40.7 Å². The van der Waals surface area contributed by atoms with Gasteiger partial charge in [-0.2, -0.15) is 0 Å². The number of hydrogen-bond acceptors (Lipinski definition) is 4. The molecule has 138 valence electrons. The number of hydrogen-bond donors (Lipinski definition) is 0. The Morgan fingerprint density at radius 1 is 1.15 bits per heavy atom. The van der Waals surface area contributed by atoms with Crippen LogP contribution in [0.1, 0.15) is 31.2 Å². The summed E-state index contributed by atoms with van der Waals surface area (Å²) in [6, 6.07) is 15.1. The van der Waals surface area contributed by atoms with E-state index in [9.17, 15) is 10.1 Å². The highest BCUT2D eigenvalue weighted by atomic mass is 32.2. The minimum atomic E-state index is -0.357. The lowest BCUT2D eigenvalue weighted by atomic mass is 10.1. The van der Waals surface area contributed by atoms with Crippen LogP contribution >= 0.6 is 11.8 Å². The summed E-state index contributed by atoms with van der Waals surface area (Å²) in [5.74, 6) is 0. The number of non-ortho nitro benzene ring substituents is 1. The zero-order valence-electron chi connectivity index (χ0n) is 15.2. The van der Waals surface area contributed by atoms with Crippen LogP contribution in [0.25, 0.3) is 16.9 Å². The number of nitro benzene ring substituents is 1. The van der Waals surface area contributed by atoms with E-state index in [4.69, 9.17) is 0 Å². The van der Waals surface area contributed by atoms with E-state index < -0.39 is 0 Å². The third-order valence-corrected chi connectivity index (χ3v) is 6.25. The van der Waals surface area contributed by atoms with Gasteiger partial charge in [0.2, 0.25) is 0 Å². The first-order valence-electron chi connectivity index (χ1n) is 9.18. The van der Waals surface area contributed by atoms with E-state index in [1.54, 1.807) is 12.1 Å². The second-order valence-corrected chi connectivity index (χ2v) is 8.20. The van der Waals surface area contributed by atoms with Crippen LogP contribution in [0.5, 0.6) is 0 Å². The van der Waals surface area contributed by atoms with Gasteiger partial charge in [-0.1, -0.05) is 54.4 Å². The van der Waals surface area contributed by atoms with Crippen molar-refractivity contribution in [3.63, 3.8) is 0 Å². The molecule has 1 fully saturated rings. The average Bonchev–Trinajstić information content (AvgIpc) is 3.33. The van der Waals surface area contributed by atoms with E-state index in [-0.39, 0.29) is 10.6 Å². The number of imidazole rings is 1. The summed E-state index contributed by atoms with van der Waals surface area (Å²) in [6.45, 7) is 2.06. The highest BCUT2D eigenvalue weighted by Crippen LogP contribution is 2.37. The Balaban J connectivity index is 1.81. The van der Waals surface area contributed by atoms with Gasteiger partial charge in [-0.15, -0.1) is 0 Å². The van der Waals surface area contributed by atoms with Gasteiger partial charge in [-0.3, -0.25) is 14.7 Å². The number of benzene rings is 2. The van der Waals surface area contributed by atoms with Crippen molar-refractivity contribution in [1.82, 2.24) is 9.55 Å². The number of aryl methyl sites for hydroxylation is 1. The Bertz CT molecular complexity index is 960. The first kappa shape index (κ1) is 17.8. The van der Waals surface area contributed by atoms with Gasteiger partial charge in [-0.05, 0) is 31.9 Å². The first-order chi connectivity index (χ1) is 13.1. The number of rotatable bonds is 5. The molecule has 0 saturated heterocycles. The van der Waals surface area contributed by atoms with Gasteiger partial charge in [0.1, 0.15) is 0 Å². The van der Waals surface area contributed by atoms with E-state index in [1.807, 2.05) is 24.0 Å². The van der Waals surface area contributed by atoms with Crippen LogP contribution in [0.2, 0.25) is 0 Å². The summed E-state index contributed by atoms with van der Waals surface area (Å²) in [5, 5.41) is 12.7. The molecule has 0 bridgehead atoms. The van der Waals surface area contributed by atoms with Gasteiger partial charge >= 0.3 is 0 Å². The molecule has 3 aromatic rings. The van der Waals surface area contributed by atoms with E-state index in [1.165, 1.54) is 37.3 Å². The van der Waals surface area contributed by atoms with Crippen LogP contribution in [0.4, 0.5) is 5.69 Å². The first-order valence-corrected chi connectivity index (χ1v) is 10.1. The Labute approximate surface area is 162 Å². The van der Waals surface area contributed by atoms with Crippen molar-refractivity contribution in [1.29, 1.82) is 0 Å². The lowest BCUT2D eigenvalue weighted by molar-refractivity contribution is -0.384. The van der Waals surface area contributed by atoms with Gasteiger partial charge in [-0.25, -0.2) is 4.98 Å². The van der Waals surface area contributed by atoms with Gasteiger partial charge in [0.15, 0.2) is 5.16 Å². The van der Waals surface area contributed by atoms with Crippen LogP contribution in [-0.4, -0.2) is 19.7 Å². The maximum atomic E-state index is 11.2. The average molecular weight is 379 g/mol. The third-order valence-electron chi connectivity index (χ3n) is 4.95. The molecule has 27 heavy (non-hydrogen) atoms. The van der Waals surface area contributed by atoms with Gasteiger partial charge < -0.3 is 0 Å². The molecule has 0 radical (unpaired) electrons. The fraction of sp³-hybridized carbons (Fsp3) is 0.286. The van der Waals surface area contributed by atoms with E-state index in [0.29, 0.717) is 5.25 Å². The van der Waals surface area contributed by atoms with Crippen LogP contribution in [0, 0.1) is 17.0 Å². The second kappa shape index (κ2) is 7.56. The molecule has 1 aliphatic rings. The molecule has 5 nitrogen and oxygen atoms in total. The van der Waals surface area contributed by atoms with Crippen molar-refractivity contribution in [3.8, 4) is 16.9 Å². The van der Waals surface area contributed by atoms with E-state index >= 15 is 0 Å². The van der Waals surface area contributed by atoms with Gasteiger partial charge in [0, 0.05) is 28.6 Å². The molecule has 0 amide bonds. The fourth-order valence-electron chi connectivity index (χ4n) is 3.50. The highest BCUT2D eigenvalue weighted by molar-refractivity contribution is 7.99. The topological polar surface area (TPSA) is 61.0 Å². The molecule has 0 unspecified atom stereocenters. The zero-order chi connectivity index (χ0) is 18.8. The normalized spacial score (nSPS) is 14.6. The van der Waals surface area contributed by atoms with Crippen molar-refractivity contribution in [2.24, 2.45) is 0 Å². The van der Waals surface area contributed by atoms with Gasteiger partial charge in [0.25, 0.3) is 5.69 Å². The molecule has 4 rings (SSSR count). The summed E-state index contributed by atoms with van der Waals surface area (Å²) in [5.41, 5.74) is 3.99. The third kappa shape index (κ3) is 3.76. The van der Waals surface area contributed by atoms with Crippen molar-refractivity contribution >= 4 is 17.4 Å². The number of nitrogens with zero attached hydrogens (tertiary/aromatic N) is 3. The molecule has 1 heterocycles. The monoisotopic (exact) mass is 379 g/mol. The smallest absolute Gasteiger partial charge is 0.270 e. The molecule has 1 saturated carbocycles. The molecule has 1 aromatic heterocycles. The fourth-order valence-corrected chi connectivity index (χ4v) is 4.79. The lowest BCUT2D eigenvalue weighted by Crippen LogP contribution is -2.03. The predicted molar refractivity (Wildman–Crippen MR) is 109 cm³/mol. The second-order valence-electron chi connectivity index (χ2n) is 6.93. The summed E-state index contributed by atoms with van der Waals surface area (Å²) in [6.07, 6.45) is 6.83. The summed E-state index contributed by atoms with van der Waals surface area (Å²) < 4.78 is 2.13. The van der Waals surface area contributed by atoms with E-state index in [0.717, 1.165) is 22.1 Å². The molecule has 2 aromatic carbocycles. The number of thioether (sulfide) groups is 1. The molecular weight excluding hydrogens is 358 g/mol. The Hall–Kier alpha value is -2.60. The van der Waals surface area contributed by atoms with Gasteiger partial charge in [0.05, 0.1) is 16.8 Å². The summed E-state index contributed by atoms with van der Waals surface area (Å²) in [4.78, 5) is 15.5. The quantitative estimate of drug-likeness (QED) is 0.416. The Kier molecular flexibility index (Phi) is 4.99. The molecule has 0 N–H and O–H groups in total. The Morgan fingerprint density at radius 2 is 1.89 bits per heavy atom. The maximum Gasteiger partial charge on any atom is 0.270 e. The zero-order valence-corrected chi connectivity index (χ0v) is 16.0. The largest absolute Gasteiger partial charge is 0.287 e. The standard InChI is InChI=1S/C21H21N3O2S/c1-15-9-11-17(12-10-15)23-20(16-5-4-6-18(13-16)24(25)26)14-22-21(23)27-19-7-2-3-8-19/h4-6,9-14,19H,2-3,7-8H2,1H3. The molecule has 0 atom stereocenters. The number of nitro groups is 1. The molecule has 0 spiro atoms. The van der Waals surface area contributed by atoms with Crippen molar-refractivity contribution in [3.05, 3.63) is 70.4 Å². The summed E-state index contributed by atoms with van der Waals surface area (Å²) in [7, 11) is 0. The van der Waals surface area contributed by atoms with Crippen LogP contribution in [-0.2, 0) is 0 Å². The lowest BCUT2D eigenvalue weighted by Gasteiger charge is -2.14. The highest BCUT2D eigenvalue weighted by Gasteiger charge is 2.22. The van der Waals surface area contributed by atoms with Crippen molar-refractivity contribution in [2.75, 3.05) is 0 Å². The van der Waals surface area contributed by atoms with Crippen molar-refractivity contribution in [2.45, 2.75) is 43.0 Å². The molecular formula is C21H21N3O2S. The maximum absolute atomic E-state index is 11.2. The minimum absolute atomic E-state index is 0.0918. The van der Waals surface area contributed by atoms with Crippen molar-refractivity contribution < 1.29 is 4.92 Å². The molecule has 6 heteroatoms. The molecule has 0 aliphatic heterocycles.